The fraction of sp³-hybridized carbons (Fsp3) is 0.423. The van der Waals surface area contributed by atoms with Gasteiger partial charge in [0.1, 0.15) is 0 Å². The van der Waals surface area contributed by atoms with Gasteiger partial charge in [-0.2, -0.15) is 0 Å². The van der Waals surface area contributed by atoms with Gasteiger partial charge < -0.3 is 19.4 Å². The molecule has 0 spiro atoms. The van der Waals surface area contributed by atoms with Gasteiger partial charge >= 0.3 is 0 Å². The van der Waals surface area contributed by atoms with Crippen molar-refractivity contribution >= 4 is 10.9 Å². The maximum atomic E-state index is 13.0. The summed E-state index contributed by atoms with van der Waals surface area (Å²) in [5.74, 6) is 2.07. The van der Waals surface area contributed by atoms with E-state index in [1.807, 2.05) is 43.3 Å². The molecule has 1 aromatic heterocycles. The number of aryl methyl sites for hydroxylation is 1. The average molecular weight is 421 g/mol. The number of pyridine rings is 1. The quantitative estimate of drug-likeness (QED) is 0.604. The third-order valence-corrected chi connectivity index (χ3v) is 6.75. The molecule has 2 atom stereocenters. The Balaban J connectivity index is 1.45. The molecule has 31 heavy (non-hydrogen) atoms. The second-order valence-electron chi connectivity index (χ2n) is 8.55. The van der Waals surface area contributed by atoms with Gasteiger partial charge in [-0.05, 0) is 57.9 Å². The number of hydrogen-bond donors (Lipinski definition) is 1. The van der Waals surface area contributed by atoms with E-state index in [-0.39, 0.29) is 5.43 Å². The minimum absolute atomic E-state index is 0.166. The molecule has 0 amide bonds. The highest BCUT2D eigenvalue weighted by Crippen LogP contribution is 2.39. The molecule has 3 aromatic rings. The Kier molecular flexibility index (Phi) is 6.33. The first-order chi connectivity index (χ1) is 15.0. The van der Waals surface area contributed by atoms with E-state index in [9.17, 15) is 4.79 Å². The SMILES string of the molecule is COc1cccc(C2CCN(C(C)CCc3c(C)[nH]c4ccccc4c3=O)C2)c1OC. The topological polar surface area (TPSA) is 54.6 Å². The molecule has 1 saturated heterocycles. The monoisotopic (exact) mass is 420 g/mol. The first-order valence-corrected chi connectivity index (χ1v) is 11.1. The highest BCUT2D eigenvalue weighted by Gasteiger charge is 2.30. The molecule has 2 heterocycles. The number of aromatic nitrogens is 1. The number of benzene rings is 2. The second kappa shape index (κ2) is 9.15. The van der Waals surface area contributed by atoms with Crippen molar-refractivity contribution in [2.24, 2.45) is 0 Å². The Morgan fingerprint density at radius 1 is 1.13 bits per heavy atom. The molecule has 1 aliphatic heterocycles. The number of hydrogen-bond acceptors (Lipinski definition) is 4. The number of ether oxygens (including phenoxy) is 2. The molecule has 0 aliphatic carbocycles. The van der Waals surface area contributed by atoms with Gasteiger partial charge in [0.25, 0.3) is 0 Å². The van der Waals surface area contributed by atoms with Crippen molar-refractivity contribution in [2.75, 3.05) is 27.3 Å². The van der Waals surface area contributed by atoms with E-state index in [0.717, 1.165) is 66.0 Å². The van der Waals surface area contributed by atoms with Crippen LogP contribution in [0.4, 0.5) is 0 Å². The van der Waals surface area contributed by atoms with Crippen molar-refractivity contribution in [3.8, 4) is 11.5 Å². The first kappa shape index (κ1) is 21.4. The molecule has 0 radical (unpaired) electrons. The Morgan fingerprint density at radius 3 is 2.71 bits per heavy atom. The van der Waals surface area contributed by atoms with E-state index < -0.39 is 0 Å². The van der Waals surface area contributed by atoms with Gasteiger partial charge in [0.15, 0.2) is 16.9 Å². The van der Waals surface area contributed by atoms with Crippen molar-refractivity contribution < 1.29 is 9.47 Å². The summed E-state index contributed by atoms with van der Waals surface area (Å²) in [6, 6.07) is 14.3. The predicted molar refractivity (Wildman–Crippen MR) is 126 cm³/mol. The Bertz CT molecular complexity index is 1120. The van der Waals surface area contributed by atoms with Crippen LogP contribution in [0.1, 0.15) is 42.5 Å². The van der Waals surface area contributed by atoms with Gasteiger partial charge in [0.2, 0.25) is 0 Å². The number of para-hydroxylation sites is 2. The van der Waals surface area contributed by atoms with Gasteiger partial charge in [-0.3, -0.25) is 4.79 Å². The number of rotatable bonds is 7. The van der Waals surface area contributed by atoms with E-state index in [4.69, 9.17) is 9.47 Å². The minimum Gasteiger partial charge on any atom is -0.493 e. The lowest BCUT2D eigenvalue weighted by atomic mass is 9.97. The molecule has 2 aromatic carbocycles. The summed E-state index contributed by atoms with van der Waals surface area (Å²) in [5, 5.41) is 0.780. The van der Waals surface area contributed by atoms with Crippen LogP contribution in [0.25, 0.3) is 10.9 Å². The largest absolute Gasteiger partial charge is 0.493 e. The molecule has 1 fully saturated rings. The Hall–Kier alpha value is -2.79. The normalized spacial score (nSPS) is 17.7. The van der Waals surface area contributed by atoms with Gasteiger partial charge in [-0.1, -0.05) is 24.3 Å². The van der Waals surface area contributed by atoms with Crippen molar-refractivity contribution in [1.29, 1.82) is 0 Å². The zero-order valence-electron chi connectivity index (χ0n) is 18.9. The molecule has 5 nitrogen and oxygen atoms in total. The van der Waals surface area contributed by atoms with Gasteiger partial charge in [-0.15, -0.1) is 0 Å². The smallest absolute Gasteiger partial charge is 0.192 e. The lowest BCUT2D eigenvalue weighted by molar-refractivity contribution is 0.243. The standard InChI is InChI=1S/C26H32N2O3/c1-17(12-13-20-18(2)27-23-10-6-5-8-22(23)25(20)29)28-15-14-19(16-28)21-9-7-11-24(30-3)26(21)31-4/h5-11,17,19H,12-16H2,1-4H3,(H,27,29). The fourth-order valence-corrected chi connectivity index (χ4v) is 4.91. The van der Waals surface area contributed by atoms with Crippen molar-refractivity contribution in [3.63, 3.8) is 0 Å². The summed E-state index contributed by atoms with van der Waals surface area (Å²) in [5.41, 5.74) is 4.20. The van der Waals surface area contributed by atoms with Crippen molar-refractivity contribution in [2.45, 2.75) is 45.1 Å². The first-order valence-electron chi connectivity index (χ1n) is 11.1. The molecule has 5 heteroatoms. The minimum atomic E-state index is 0.166. The molecule has 2 unspecified atom stereocenters. The van der Waals surface area contributed by atoms with Crippen LogP contribution >= 0.6 is 0 Å². The van der Waals surface area contributed by atoms with Gasteiger partial charge in [-0.25, -0.2) is 0 Å². The zero-order chi connectivity index (χ0) is 22.0. The number of fused-ring (bicyclic) bond motifs is 1. The van der Waals surface area contributed by atoms with Crippen LogP contribution in [-0.4, -0.2) is 43.2 Å². The average Bonchev–Trinajstić information content (AvgIpc) is 3.28. The summed E-state index contributed by atoms with van der Waals surface area (Å²) in [7, 11) is 3.39. The van der Waals surface area contributed by atoms with Crippen LogP contribution in [0.2, 0.25) is 0 Å². The fourth-order valence-electron chi connectivity index (χ4n) is 4.91. The van der Waals surface area contributed by atoms with E-state index in [1.165, 1.54) is 5.56 Å². The Morgan fingerprint density at radius 2 is 1.94 bits per heavy atom. The van der Waals surface area contributed by atoms with Crippen molar-refractivity contribution in [1.82, 2.24) is 9.88 Å². The molecule has 1 N–H and O–H groups in total. The van der Waals surface area contributed by atoms with Crippen LogP contribution in [0.5, 0.6) is 11.5 Å². The van der Waals surface area contributed by atoms with E-state index >= 15 is 0 Å². The third-order valence-electron chi connectivity index (χ3n) is 6.75. The van der Waals surface area contributed by atoms with Crippen LogP contribution in [0, 0.1) is 6.92 Å². The zero-order valence-corrected chi connectivity index (χ0v) is 18.9. The van der Waals surface area contributed by atoms with Gasteiger partial charge in [0.05, 0.1) is 14.2 Å². The number of methoxy groups -OCH3 is 2. The number of nitrogens with one attached hydrogen (secondary N) is 1. The maximum Gasteiger partial charge on any atom is 0.192 e. The summed E-state index contributed by atoms with van der Waals surface area (Å²) in [4.78, 5) is 18.9. The molecule has 0 saturated carbocycles. The number of likely N-dealkylation sites (tertiary alicyclic amines) is 1. The van der Waals surface area contributed by atoms with Crippen LogP contribution < -0.4 is 14.9 Å². The lowest BCUT2D eigenvalue weighted by Gasteiger charge is -2.25. The number of aromatic amines is 1. The molecule has 1 aliphatic rings. The summed E-state index contributed by atoms with van der Waals surface area (Å²) in [6.07, 6.45) is 2.85. The number of H-pyrrole nitrogens is 1. The van der Waals surface area contributed by atoms with Crippen LogP contribution in [0.3, 0.4) is 0 Å². The Labute approximate surface area is 184 Å². The van der Waals surface area contributed by atoms with Crippen LogP contribution in [0.15, 0.2) is 47.3 Å². The summed E-state index contributed by atoms with van der Waals surface area (Å²) >= 11 is 0. The van der Waals surface area contributed by atoms with E-state index in [1.54, 1.807) is 14.2 Å². The molecule has 4 rings (SSSR count). The lowest BCUT2D eigenvalue weighted by Crippen LogP contribution is -2.31. The van der Waals surface area contributed by atoms with E-state index in [2.05, 4.69) is 22.9 Å². The molecular formula is C26H32N2O3. The highest BCUT2D eigenvalue weighted by molar-refractivity contribution is 5.79. The number of nitrogens with zero attached hydrogens (tertiary/aromatic N) is 1. The maximum absolute atomic E-state index is 13.0. The van der Waals surface area contributed by atoms with Gasteiger partial charge in [0, 0.05) is 46.2 Å². The highest BCUT2D eigenvalue weighted by atomic mass is 16.5. The van der Waals surface area contributed by atoms with Crippen molar-refractivity contribution in [3.05, 3.63) is 69.5 Å². The molecule has 0 bridgehead atoms. The summed E-state index contributed by atoms with van der Waals surface area (Å²) in [6.45, 7) is 6.33. The molecular weight excluding hydrogens is 388 g/mol. The third kappa shape index (κ3) is 4.19. The van der Waals surface area contributed by atoms with E-state index in [0.29, 0.717) is 12.0 Å². The predicted octanol–water partition coefficient (Wildman–Crippen LogP) is 4.66. The molecule has 164 valence electrons. The summed E-state index contributed by atoms with van der Waals surface area (Å²) < 4.78 is 11.1. The van der Waals surface area contributed by atoms with Crippen LogP contribution in [-0.2, 0) is 6.42 Å². The second-order valence-corrected chi connectivity index (χ2v) is 8.55.